The zero-order valence-electron chi connectivity index (χ0n) is 12.6. The maximum absolute atomic E-state index is 5.96. The fourth-order valence-corrected chi connectivity index (χ4v) is 3.24. The van der Waals surface area contributed by atoms with E-state index in [1.54, 1.807) is 0 Å². The van der Waals surface area contributed by atoms with Crippen molar-refractivity contribution in [2.75, 3.05) is 5.88 Å². The summed E-state index contributed by atoms with van der Waals surface area (Å²) in [5.74, 6) is 1.74. The first-order chi connectivity index (χ1) is 9.64. The van der Waals surface area contributed by atoms with Crippen molar-refractivity contribution in [3.63, 3.8) is 0 Å². The van der Waals surface area contributed by atoms with Crippen molar-refractivity contribution in [3.05, 3.63) is 11.5 Å². The number of halogens is 1. The lowest BCUT2D eigenvalue weighted by atomic mass is 10.0. The molecule has 0 aliphatic heterocycles. The lowest BCUT2D eigenvalue weighted by Crippen LogP contribution is -2.16. The van der Waals surface area contributed by atoms with Crippen molar-refractivity contribution in [1.29, 1.82) is 0 Å². The Kier molecular flexibility index (Phi) is 3.53. The number of nitrogens with zero attached hydrogens (tertiary/aromatic N) is 4. The van der Waals surface area contributed by atoms with Crippen molar-refractivity contribution in [2.45, 2.75) is 59.5 Å². The predicted molar refractivity (Wildman–Crippen MR) is 82.3 cm³/mol. The Morgan fingerprint density at radius 2 is 2.05 bits per heavy atom. The summed E-state index contributed by atoms with van der Waals surface area (Å²) in [5, 5.41) is 4.61. The van der Waals surface area contributed by atoms with Gasteiger partial charge in [0.25, 0.3) is 0 Å². The van der Waals surface area contributed by atoms with Gasteiger partial charge in [0.05, 0.1) is 5.69 Å². The number of alkyl halides is 1. The van der Waals surface area contributed by atoms with Crippen LogP contribution < -0.4 is 0 Å². The van der Waals surface area contributed by atoms with Crippen LogP contribution in [0.3, 0.4) is 0 Å². The molecule has 0 bridgehead atoms. The Labute approximate surface area is 125 Å². The van der Waals surface area contributed by atoms with Crippen LogP contribution in [-0.2, 0) is 19.5 Å². The second-order valence-corrected chi connectivity index (χ2v) is 6.36. The number of aryl methyl sites for hydroxylation is 3. The molecular formula is C15H23ClN4. The van der Waals surface area contributed by atoms with Gasteiger partial charge in [0.2, 0.25) is 0 Å². The highest BCUT2D eigenvalue weighted by Crippen LogP contribution is 2.50. The number of hydrogen-bond acceptors (Lipinski definition) is 2. The van der Waals surface area contributed by atoms with Gasteiger partial charge in [-0.05, 0) is 38.5 Å². The molecule has 0 radical (unpaired) electrons. The average Bonchev–Trinajstić information content (AvgIpc) is 3.05. The van der Waals surface area contributed by atoms with E-state index in [9.17, 15) is 0 Å². The summed E-state index contributed by atoms with van der Waals surface area (Å²) in [6.45, 7) is 8.43. The smallest absolute Gasteiger partial charge is 0.158 e. The minimum atomic E-state index is 0.492. The predicted octanol–water partition coefficient (Wildman–Crippen LogP) is 3.53. The third-order valence-electron chi connectivity index (χ3n) is 4.70. The molecule has 1 aliphatic carbocycles. The summed E-state index contributed by atoms with van der Waals surface area (Å²) >= 11 is 5.96. The van der Waals surface area contributed by atoms with Crippen LogP contribution in [-0.4, -0.2) is 25.2 Å². The number of aromatic nitrogens is 4. The molecule has 2 aromatic rings. The first-order valence-corrected chi connectivity index (χ1v) is 8.16. The Morgan fingerprint density at radius 3 is 2.60 bits per heavy atom. The van der Waals surface area contributed by atoms with Gasteiger partial charge in [0.1, 0.15) is 11.3 Å². The van der Waals surface area contributed by atoms with Gasteiger partial charge in [-0.1, -0.05) is 6.92 Å². The molecule has 2 heterocycles. The quantitative estimate of drug-likeness (QED) is 0.764. The third-order valence-corrected chi connectivity index (χ3v) is 4.89. The van der Waals surface area contributed by atoms with Crippen molar-refractivity contribution < 1.29 is 0 Å². The van der Waals surface area contributed by atoms with Crippen molar-refractivity contribution in [3.8, 4) is 0 Å². The molecule has 110 valence electrons. The highest BCUT2D eigenvalue weighted by Gasteiger charge is 2.42. The second kappa shape index (κ2) is 5.06. The molecule has 0 aromatic carbocycles. The van der Waals surface area contributed by atoms with Crippen molar-refractivity contribution in [2.24, 2.45) is 5.41 Å². The van der Waals surface area contributed by atoms with Gasteiger partial charge in [-0.25, -0.2) is 9.67 Å². The molecule has 0 spiro atoms. The monoisotopic (exact) mass is 294 g/mol. The lowest BCUT2D eigenvalue weighted by Gasteiger charge is -2.16. The third kappa shape index (κ3) is 2.14. The fourth-order valence-electron chi connectivity index (χ4n) is 3.07. The molecule has 5 heteroatoms. The fraction of sp³-hybridized carbons (Fsp3) is 0.733. The molecular weight excluding hydrogens is 272 g/mol. The van der Waals surface area contributed by atoms with E-state index < -0.39 is 0 Å². The summed E-state index contributed by atoms with van der Waals surface area (Å²) in [6, 6.07) is 0. The van der Waals surface area contributed by atoms with Gasteiger partial charge in [0, 0.05) is 25.4 Å². The Hall–Kier alpha value is -1.03. The number of fused-ring (bicyclic) bond motifs is 1. The van der Waals surface area contributed by atoms with Crippen molar-refractivity contribution in [1.82, 2.24) is 19.3 Å². The maximum Gasteiger partial charge on any atom is 0.158 e. The van der Waals surface area contributed by atoms with Crippen molar-refractivity contribution >= 4 is 22.8 Å². The normalized spacial score (nSPS) is 17.0. The van der Waals surface area contributed by atoms with E-state index in [0.717, 1.165) is 36.5 Å². The molecule has 0 amide bonds. The molecule has 3 rings (SSSR count). The topological polar surface area (TPSA) is 35.6 Å². The van der Waals surface area contributed by atoms with Gasteiger partial charge in [-0.2, -0.15) is 5.10 Å². The summed E-state index contributed by atoms with van der Waals surface area (Å²) in [6.07, 6.45) is 4.75. The second-order valence-electron chi connectivity index (χ2n) is 5.98. The van der Waals surface area contributed by atoms with E-state index in [2.05, 4.69) is 28.2 Å². The molecule has 0 atom stereocenters. The molecule has 0 unspecified atom stereocenters. The van der Waals surface area contributed by atoms with E-state index in [0.29, 0.717) is 11.3 Å². The van der Waals surface area contributed by atoms with Crippen LogP contribution in [0.2, 0.25) is 0 Å². The van der Waals surface area contributed by atoms with Gasteiger partial charge >= 0.3 is 0 Å². The first-order valence-electron chi connectivity index (χ1n) is 7.62. The van der Waals surface area contributed by atoms with Crippen LogP contribution in [0.4, 0.5) is 0 Å². The van der Waals surface area contributed by atoms with Crippen LogP contribution >= 0.6 is 11.6 Å². The highest BCUT2D eigenvalue weighted by molar-refractivity contribution is 6.17. The first kappa shape index (κ1) is 13.9. The average molecular weight is 295 g/mol. The molecule has 1 aliphatic rings. The number of rotatable bonds is 6. The Bertz CT molecular complexity index is 621. The van der Waals surface area contributed by atoms with Crippen LogP contribution in [0, 0.1) is 12.3 Å². The van der Waals surface area contributed by atoms with Gasteiger partial charge < -0.3 is 4.57 Å². The maximum atomic E-state index is 5.96. The minimum Gasteiger partial charge on any atom is -0.312 e. The summed E-state index contributed by atoms with van der Waals surface area (Å²) in [5.41, 5.74) is 3.76. The molecule has 0 N–H and O–H groups in total. The summed E-state index contributed by atoms with van der Waals surface area (Å²) in [7, 11) is 0. The molecule has 20 heavy (non-hydrogen) atoms. The van der Waals surface area contributed by atoms with E-state index >= 15 is 0 Å². The van der Waals surface area contributed by atoms with E-state index in [1.165, 1.54) is 24.9 Å². The Balaban J connectivity index is 2.12. The number of hydrogen-bond donors (Lipinski definition) is 0. The largest absolute Gasteiger partial charge is 0.312 e. The highest BCUT2D eigenvalue weighted by atomic mass is 35.5. The van der Waals surface area contributed by atoms with Crippen LogP contribution in [0.15, 0.2) is 0 Å². The van der Waals surface area contributed by atoms with Crippen LogP contribution in [0.5, 0.6) is 0 Å². The molecule has 2 aromatic heterocycles. The van der Waals surface area contributed by atoms with Crippen LogP contribution in [0.1, 0.15) is 44.6 Å². The minimum absolute atomic E-state index is 0.492. The SMILES string of the molecule is CCn1nc(C)c2nc(CCCl)n(CC3(CC)CC3)c21. The van der Waals surface area contributed by atoms with E-state index in [1.807, 2.05) is 6.92 Å². The zero-order valence-corrected chi connectivity index (χ0v) is 13.4. The molecule has 1 fully saturated rings. The van der Waals surface area contributed by atoms with E-state index in [4.69, 9.17) is 16.6 Å². The number of imidazole rings is 1. The van der Waals surface area contributed by atoms with E-state index in [-0.39, 0.29) is 0 Å². The molecule has 0 saturated heterocycles. The standard InChI is InChI=1S/C15H23ClN4/c1-4-15(7-8-15)10-19-12(6-9-16)17-13-11(3)18-20(5-2)14(13)19/h4-10H2,1-3H3. The summed E-state index contributed by atoms with van der Waals surface area (Å²) < 4.78 is 4.47. The zero-order chi connectivity index (χ0) is 14.3. The van der Waals surface area contributed by atoms with Gasteiger partial charge in [0.15, 0.2) is 5.65 Å². The Morgan fingerprint density at radius 1 is 1.30 bits per heavy atom. The molecule has 1 saturated carbocycles. The van der Waals surface area contributed by atoms with Gasteiger partial charge in [-0.3, -0.25) is 0 Å². The summed E-state index contributed by atoms with van der Waals surface area (Å²) in [4.78, 5) is 4.81. The van der Waals surface area contributed by atoms with Gasteiger partial charge in [-0.15, -0.1) is 11.6 Å². The molecule has 4 nitrogen and oxygen atoms in total. The van der Waals surface area contributed by atoms with Crippen LogP contribution in [0.25, 0.3) is 11.2 Å². The lowest BCUT2D eigenvalue weighted by molar-refractivity contribution is 0.403.